The van der Waals surface area contributed by atoms with Gasteiger partial charge in [0.15, 0.2) is 5.65 Å². The van der Waals surface area contributed by atoms with Gasteiger partial charge in [-0.1, -0.05) is 0 Å². The Morgan fingerprint density at radius 2 is 2.33 bits per heavy atom. The summed E-state index contributed by atoms with van der Waals surface area (Å²) in [6, 6.07) is 0.376. The van der Waals surface area contributed by atoms with Crippen molar-refractivity contribution in [3.8, 4) is 0 Å². The van der Waals surface area contributed by atoms with E-state index in [1.54, 1.807) is 17.2 Å². The molecule has 18 heavy (non-hydrogen) atoms. The molecule has 3 rings (SSSR count). The van der Waals surface area contributed by atoms with Crippen molar-refractivity contribution in [3.63, 3.8) is 0 Å². The van der Waals surface area contributed by atoms with Crippen LogP contribution in [0.3, 0.4) is 0 Å². The normalized spacial score (nSPS) is 23.7. The number of nitrogens with zero attached hydrogens (tertiary/aromatic N) is 4. The lowest BCUT2D eigenvalue weighted by Gasteiger charge is -2.11. The number of aromatic nitrogens is 4. The third kappa shape index (κ3) is 2.03. The van der Waals surface area contributed by atoms with E-state index in [2.05, 4.69) is 20.4 Å². The van der Waals surface area contributed by atoms with Crippen molar-refractivity contribution in [2.75, 3.05) is 11.9 Å². The molecule has 2 atom stereocenters. The molecule has 3 N–H and O–H groups in total. The van der Waals surface area contributed by atoms with E-state index in [-0.39, 0.29) is 0 Å². The molecule has 0 bridgehead atoms. The minimum atomic E-state index is 0.376. The van der Waals surface area contributed by atoms with Gasteiger partial charge < -0.3 is 11.1 Å². The van der Waals surface area contributed by atoms with Crippen LogP contribution in [0.2, 0.25) is 0 Å². The van der Waals surface area contributed by atoms with Gasteiger partial charge in [0.25, 0.3) is 0 Å². The summed E-state index contributed by atoms with van der Waals surface area (Å²) in [7, 11) is 1.88. The highest BCUT2D eigenvalue weighted by Gasteiger charge is 2.21. The quantitative estimate of drug-likeness (QED) is 0.841. The zero-order valence-electron chi connectivity index (χ0n) is 10.5. The Bertz CT molecular complexity index is 548. The Hall–Kier alpha value is -1.69. The minimum absolute atomic E-state index is 0.376. The molecule has 2 aromatic heterocycles. The molecule has 0 aromatic carbocycles. The lowest BCUT2D eigenvalue weighted by atomic mass is 10.1. The topological polar surface area (TPSA) is 81.7 Å². The maximum atomic E-state index is 5.92. The Balaban J connectivity index is 1.74. The lowest BCUT2D eigenvalue weighted by molar-refractivity contribution is 0.565. The highest BCUT2D eigenvalue weighted by Crippen LogP contribution is 2.25. The second kappa shape index (κ2) is 4.53. The van der Waals surface area contributed by atoms with Gasteiger partial charge in [0, 0.05) is 19.6 Å². The van der Waals surface area contributed by atoms with Gasteiger partial charge in [-0.3, -0.25) is 4.68 Å². The standard InChI is InChI=1S/C12H18N6/c1-18-12-10(6-17-18)11(15-7-16-12)14-5-8-2-3-9(13)4-8/h6-9H,2-5,13H2,1H3,(H,14,15,16). The van der Waals surface area contributed by atoms with E-state index in [0.29, 0.717) is 12.0 Å². The van der Waals surface area contributed by atoms with Crippen LogP contribution in [0.5, 0.6) is 0 Å². The largest absolute Gasteiger partial charge is 0.369 e. The molecule has 1 aliphatic rings. The number of nitrogens with one attached hydrogen (secondary N) is 1. The van der Waals surface area contributed by atoms with Crippen molar-refractivity contribution in [2.24, 2.45) is 18.7 Å². The molecule has 0 radical (unpaired) electrons. The van der Waals surface area contributed by atoms with Gasteiger partial charge in [-0.25, -0.2) is 9.97 Å². The fourth-order valence-electron chi connectivity index (χ4n) is 2.64. The number of nitrogens with two attached hydrogens (primary N) is 1. The van der Waals surface area contributed by atoms with E-state index < -0.39 is 0 Å². The summed E-state index contributed by atoms with van der Waals surface area (Å²) in [5.74, 6) is 1.52. The molecule has 6 nitrogen and oxygen atoms in total. The van der Waals surface area contributed by atoms with Gasteiger partial charge in [0.2, 0.25) is 0 Å². The fourth-order valence-corrected chi connectivity index (χ4v) is 2.64. The van der Waals surface area contributed by atoms with E-state index in [4.69, 9.17) is 5.73 Å². The molecule has 1 fully saturated rings. The molecule has 6 heteroatoms. The van der Waals surface area contributed by atoms with Crippen molar-refractivity contribution >= 4 is 16.9 Å². The van der Waals surface area contributed by atoms with Crippen LogP contribution in [0, 0.1) is 5.92 Å². The first kappa shape index (κ1) is 11.4. The van der Waals surface area contributed by atoms with Gasteiger partial charge in [-0.15, -0.1) is 0 Å². The van der Waals surface area contributed by atoms with E-state index in [1.165, 1.54) is 6.42 Å². The SMILES string of the molecule is Cn1ncc2c(NCC3CCC(N)C3)ncnc21. The summed E-state index contributed by atoms with van der Waals surface area (Å²) >= 11 is 0. The first-order valence-electron chi connectivity index (χ1n) is 6.36. The highest BCUT2D eigenvalue weighted by molar-refractivity contribution is 5.85. The average molecular weight is 246 g/mol. The van der Waals surface area contributed by atoms with Crippen molar-refractivity contribution in [1.82, 2.24) is 19.7 Å². The zero-order chi connectivity index (χ0) is 12.5. The predicted octanol–water partition coefficient (Wildman–Crippen LogP) is 0.903. The predicted molar refractivity (Wildman–Crippen MR) is 70.1 cm³/mol. The van der Waals surface area contributed by atoms with Crippen LogP contribution >= 0.6 is 0 Å². The van der Waals surface area contributed by atoms with E-state index >= 15 is 0 Å². The van der Waals surface area contributed by atoms with Gasteiger partial charge in [-0.05, 0) is 25.2 Å². The van der Waals surface area contributed by atoms with Crippen LogP contribution in [-0.2, 0) is 7.05 Å². The maximum Gasteiger partial charge on any atom is 0.163 e. The average Bonchev–Trinajstić information content (AvgIpc) is 2.94. The summed E-state index contributed by atoms with van der Waals surface area (Å²) in [6.45, 7) is 0.925. The Morgan fingerprint density at radius 3 is 3.11 bits per heavy atom. The second-order valence-corrected chi connectivity index (χ2v) is 5.05. The number of hydrogen-bond donors (Lipinski definition) is 2. The molecule has 2 heterocycles. The summed E-state index contributed by atoms with van der Waals surface area (Å²) in [5.41, 5.74) is 6.78. The van der Waals surface area contributed by atoms with E-state index in [1.807, 2.05) is 7.05 Å². The molecule has 0 spiro atoms. The van der Waals surface area contributed by atoms with Crippen LogP contribution < -0.4 is 11.1 Å². The Morgan fingerprint density at radius 1 is 1.44 bits per heavy atom. The molecule has 96 valence electrons. The molecular formula is C12H18N6. The highest BCUT2D eigenvalue weighted by atomic mass is 15.3. The van der Waals surface area contributed by atoms with Crippen molar-refractivity contribution in [2.45, 2.75) is 25.3 Å². The summed E-state index contributed by atoms with van der Waals surface area (Å²) in [4.78, 5) is 8.52. The molecule has 0 aliphatic heterocycles. The zero-order valence-corrected chi connectivity index (χ0v) is 10.5. The number of fused-ring (bicyclic) bond motifs is 1. The smallest absolute Gasteiger partial charge is 0.163 e. The molecule has 1 saturated carbocycles. The molecule has 0 amide bonds. The minimum Gasteiger partial charge on any atom is -0.369 e. The summed E-state index contributed by atoms with van der Waals surface area (Å²) in [6.07, 6.45) is 6.83. The first-order valence-corrected chi connectivity index (χ1v) is 6.36. The van der Waals surface area contributed by atoms with Gasteiger partial charge in [0.05, 0.1) is 11.6 Å². The maximum absolute atomic E-state index is 5.92. The van der Waals surface area contributed by atoms with Gasteiger partial charge in [-0.2, -0.15) is 5.10 Å². The number of rotatable bonds is 3. The molecule has 2 unspecified atom stereocenters. The first-order chi connectivity index (χ1) is 8.74. The molecule has 0 saturated heterocycles. The Kier molecular flexibility index (Phi) is 2.87. The number of anilines is 1. The summed E-state index contributed by atoms with van der Waals surface area (Å²) < 4.78 is 1.76. The summed E-state index contributed by atoms with van der Waals surface area (Å²) in [5, 5.41) is 8.58. The number of aryl methyl sites for hydroxylation is 1. The lowest BCUT2D eigenvalue weighted by Crippen LogP contribution is -2.18. The van der Waals surface area contributed by atoms with Crippen molar-refractivity contribution in [3.05, 3.63) is 12.5 Å². The molecule has 2 aromatic rings. The fraction of sp³-hybridized carbons (Fsp3) is 0.583. The third-order valence-corrected chi connectivity index (χ3v) is 3.67. The van der Waals surface area contributed by atoms with Gasteiger partial charge in [0.1, 0.15) is 12.1 Å². The van der Waals surface area contributed by atoms with Crippen molar-refractivity contribution < 1.29 is 0 Å². The van der Waals surface area contributed by atoms with Crippen LogP contribution in [0.1, 0.15) is 19.3 Å². The van der Waals surface area contributed by atoms with Crippen LogP contribution in [0.25, 0.3) is 11.0 Å². The van der Waals surface area contributed by atoms with Crippen LogP contribution in [0.15, 0.2) is 12.5 Å². The van der Waals surface area contributed by atoms with Crippen molar-refractivity contribution in [1.29, 1.82) is 0 Å². The van der Waals surface area contributed by atoms with E-state index in [9.17, 15) is 0 Å². The van der Waals surface area contributed by atoms with Gasteiger partial charge >= 0.3 is 0 Å². The second-order valence-electron chi connectivity index (χ2n) is 5.05. The van der Waals surface area contributed by atoms with Crippen LogP contribution in [-0.4, -0.2) is 32.3 Å². The third-order valence-electron chi connectivity index (χ3n) is 3.67. The number of hydrogen-bond acceptors (Lipinski definition) is 5. The van der Waals surface area contributed by atoms with E-state index in [0.717, 1.165) is 36.2 Å². The molecular weight excluding hydrogens is 228 g/mol. The monoisotopic (exact) mass is 246 g/mol. The Labute approximate surface area is 106 Å². The molecule has 1 aliphatic carbocycles. The van der Waals surface area contributed by atoms with Crippen LogP contribution in [0.4, 0.5) is 5.82 Å².